The zero-order valence-corrected chi connectivity index (χ0v) is 11.4. The van der Waals surface area contributed by atoms with Crippen LogP contribution in [0.4, 0.5) is 0 Å². The second-order valence-electron chi connectivity index (χ2n) is 5.63. The van der Waals surface area contributed by atoms with Crippen LogP contribution in [0.1, 0.15) is 18.5 Å². The molecule has 19 heavy (non-hydrogen) atoms. The van der Waals surface area contributed by atoms with E-state index in [0.29, 0.717) is 11.8 Å². The van der Waals surface area contributed by atoms with Crippen molar-refractivity contribution in [2.75, 3.05) is 33.0 Å². The fourth-order valence-corrected chi connectivity index (χ4v) is 2.83. The molecule has 5 heteroatoms. The van der Waals surface area contributed by atoms with Crippen molar-refractivity contribution in [2.24, 2.45) is 11.8 Å². The van der Waals surface area contributed by atoms with Crippen LogP contribution in [-0.4, -0.2) is 42.5 Å². The Kier molecular flexibility index (Phi) is 4.48. The number of imidazole rings is 1. The van der Waals surface area contributed by atoms with Gasteiger partial charge in [-0.25, -0.2) is 4.98 Å². The van der Waals surface area contributed by atoms with Crippen molar-refractivity contribution in [3.8, 4) is 0 Å². The fourth-order valence-electron chi connectivity index (χ4n) is 2.83. The van der Waals surface area contributed by atoms with E-state index in [4.69, 9.17) is 9.47 Å². The van der Waals surface area contributed by atoms with Gasteiger partial charge in [-0.05, 0) is 18.8 Å². The van der Waals surface area contributed by atoms with E-state index in [9.17, 15) is 0 Å². The number of hydrogen-bond acceptors (Lipinski definition) is 4. The first kappa shape index (κ1) is 13.1. The SMILES string of the molecule is c1ncn2c1CNC[C@H](COCC1CCOCC1)C2. The highest BCUT2D eigenvalue weighted by molar-refractivity contribution is 4.99. The van der Waals surface area contributed by atoms with Crippen molar-refractivity contribution in [3.05, 3.63) is 18.2 Å². The third-order valence-corrected chi connectivity index (χ3v) is 4.04. The van der Waals surface area contributed by atoms with E-state index in [-0.39, 0.29) is 0 Å². The first-order valence-corrected chi connectivity index (χ1v) is 7.27. The molecule has 1 atom stereocenters. The Morgan fingerprint density at radius 2 is 2.16 bits per heavy atom. The third kappa shape index (κ3) is 3.55. The first-order chi connectivity index (χ1) is 9.42. The maximum atomic E-state index is 5.93. The summed E-state index contributed by atoms with van der Waals surface area (Å²) in [7, 11) is 0. The van der Waals surface area contributed by atoms with Gasteiger partial charge in [0, 0.05) is 51.6 Å². The van der Waals surface area contributed by atoms with Crippen LogP contribution >= 0.6 is 0 Å². The molecule has 1 aromatic rings. The van der Waals surface area contributed by atoms with Gasteiger partial charge in [0.2, 0.25) is 0 Å². The summed E-state index contributed by atoms with van der Waals surface area (Å²) in [6, 6.07) is 0. The van der Waals surface area contributed by atoms with E-state index in [2.05, 4.69) is 14.9 Å². The number of fused-ring (bicyclic) bond motifs is 1. The molecule has 5 nitrogen and oxygen atoms in total. The molecule has 0 saturated carbocycles. The minimum absolute atomic E-state index is 0.537. The van der Waals surface area contributed by atoms with E-state index in [1.807, 2.05) is 12.5 Å². The van der Waals surface area contributed by atoms with Gasteiger partial charge in [0.25, 0.3) is 0 Å². The summed E-state index contributed by atoms with van der Waals surface area (Å²) < 4.78 is 13.5. The molecule has 2 aliphatic rings. The lowest BCUT2D eigenvalue weighted by atomic mass is 10.0. The molecule has 1 saturated heterocycles. The molecule has 0 aliphatic carbocycles. The van der Waals surface area contributed by atoms with Crippen LogP contribution in [0.25, 0.3) is 0 Å². The molecule has 3 rings (SSSR count). The molecule has 0 spiro atoms. The number of hydrogen-bond donors (Lipinski definition) is 1. The van der Waals surface area contributed by atoms with E-state index < -0.39 is 0 Å². The van der Waals surface area contributed by atoms with Crippen LogP contribution in [0.2, 0.25) is 0 Å². The lowest BCUT2D eigenvalue weighted by Gasteiger charge is -2.23. The predicted molar refractivity (Wildman–Crippen MR) is 71.8 cm³/mol. The van der Waals surface area contributed by atoms with Crippen LogP contribution in [0.5, 0.6) is 0 Å². The zero-order chi connectivity index (χ0) is 12.9. The lowest BCUT2D eigenvalue weighted by Crippen LogP contribution is -2.27. The van der Waals surface area contributed by atoms with Crippen molar-refractivity contribution in [1.82, 2.24) is 14.9 Å². The van der Waals surface area contributed by atoms with Crippen LogP contribution in [0, 0.1) is 11.8 Å². The highest BCUT2D eigenvalue weighted by Gasteiger charge is 2.18. The summed E-state index contributed by atoms with van der Waals surface area (Å²) in [4.78, 5) is 4.20. The van der Waals surface area contributed by atoms with Crippen molar-refractivity contribution in [3.63, 3.8) is 0 Å². The summed E-state index contributed by atoms with van der Waals surface area (Å²) in [5.41, 5.74) is 1.27. The molecule has 106 valence electrons. The van der Waals surface area contributed by atoms with Gasteiger partial charge in [-0.1, -0.05) is 0 Å². The van der Waals surface area contributed by atoms with Crippen molar-refractivity contribution in [1.29, 1.82) is 0 Å². The summed E-state index contributed by atoms with van der Waals surface area (Å²) >= 11 is 0. The first-order valence-electron chi connectivity index (χ1n) is 7.27. The highest BCUT2D eigenvalue weighted by Crippen LogP contribution is 2.16. The lowest BCUT2D eigenvalue weighted by molar-refractivity contribution is 0.0102. The minimum atomic E-state index is 0.537. The van der Waals surface area contributed by atoms with Crippen LogP contribution in [-0.2, 0) is 22.6 Å². The standard InChI is InChI=1S/C14H23N3O2/c1-3-18-4-2-12(1)9-19-10-13-5-15-6-14-7-16-11-17(14)8-13/h7,11-13,15H,1-6,8-10H2/t13-/m0/s1. The van der Waals surface area contributed by atoms with Crippen molar-refractivity contribution < 1.29 is 9.47 Å². The molecule has 0 amide bonds. The van der Waals surface area contributed by atoms with Gasteiger partial charge in [-0.3, -0.25) is 0 Å². The van der Waals surface area contributed by atoms with E-state index in [1.54, 1.807) is 0 Å². The quantitative estimate of drug-likeness (QED) is 0.884. The Hall–Kier alpha value is -0.910. The third-order valence-electron chi connectivity index (χ3n) is 4.04. The largest absolute Gasteiger partial charge is 0.381 e. The van der Waals surface area contributed by atoms with Crippen molar-refractivity contribution >= 4 is 0 Å². The Morgan fingerprint density at radius 1 is 1.32 bits per heavy atom. The number of nitrogens with zero attached hydrogens (tertiary/aromatic N) is 2. The average molecular weight is 265 g/mol. The van der Waals surface area contributed by atoms with Gasteiger partial charge in [-0.2, -0.15) is 0 Å². The number of aromatic nitrogens is 2. The maximum Gasteiger partial charge on any atom is 0.0948 e. The molecule has 1 aromatic heterocycles. The van der Waals surface area contributed by atoms with Crippen LogP contribution in [0.15, 0.2) is 12.5 Å². The zero-order valence-electron chi connectivity index (χ0n) is 11.4. The molecule has 0 unspecified atom stereocenters. The van der Waals surface area contributed by atoms with Crippen LogP contribution in [0.3, 0.4) is 0 Å². The van der Waals surface area contributed by atoms with Crippen molar-refractivity contribution in [2.45, 2.75) is 25.9 Å². The highest BCUT2D eigenvalue weighted by atomic mass is 16.5. The second kappa shape index (κ2) is 6.50. The van der Waals surface area contributed by atoms with Gasteiger partial charge in [0.05, 0.1) is 18.6 Å². The van der Waals surface area contributed by atoms with Gasteiger partial charge in [-0.15, -0.1) is 0 Å². The molecule has 0 radical (unpaired) electrons. The molecule has 3 heterocycles. The maximum absolute atomic E-state index is 5.93. The average Bonchev–Trinajstić information content (AvgIpc) is 2.79. The Bertz CT molecular complexity index is 388. The van der Waals surface area contributed by atoms with E-state index >= 15 is 0 Å². The predicted octanol–water partition coefficient (Wildman–Crippen LogP) is 1.05. The monoisotopic (exact) mass is 265 g/mol. The Balaban J connectivity index is 1.42. The topological polar surface area (TPSA) is 48.3 Å². The Morgan fingerprint density at radius 3 is 3.05 bits per heavy atom. The number of ether oxygens (including phenoxy) is 2. The summed E-state index contributed by atoms with van der Waals surface area (Å²) in [5.74, 6) is 1.23. The van der Waals surface area contributed by atoms with Gasteiger partial charge in [0.15, 0.2) is 0 Å². The second-order valence-corrected chi connectivity index (χ2v) is 5.63. The molecular weight excluding hydrogens is 242 g/mol. The summed E-state index contributed by atoms with van der Waals surface area (Å²) in [6.45, 7) is 6.47. The minimum Gasteiger partial charge on any atom is -0.381 e. The molecule has 0 bridgehead atoms. The molecule has 1 N–H and O–H groups in total. The van der Waals surface area contributed by atoms with Gasteiger partial charge < -0.3 is 19.4 Å². The Labute approximate surface area is 114 Å². The summed E-state index contributed by atoms with van der Waals surface area (Å²) in [6.07, 6.45) is 6.16. The molecule has 2 aliphatic heterocycles. The van der Waals surface area contributed by atoms with E-state index in [1.165, 1.54) is 5.69 Å². The molecule has 0 aromatic carbocycles. The normalized spacial score (nSPS) is 24.9. The molecular formula is C14H23N3O2. The molecule has 1 fully saturated rings. The number of nitrogens with one attached hydrogen (secondary N) is 1. The van der Waals surface area contributed by atoms with Crippen LogP contribution < -0.4 is 5.32 Å². The smallest absolute Gasteiger partial charge is 0.0948 e. The fraction of sp³-hybridized carbons (Fsp3) is 0.786. The van der Waals surface area contributed by atoms with E-state index in [0.717, 1.165) is 58.9 Å². The number of rotatable bonds is 4. The van der Waals surface area contributed by atoms with Gasteiger partial charge in [0.1, 0.15) is 0 Å². The van der Waals surface area contributed by atoms with Gasteiger partial charge >= 0.3 is 0 Å². The summed E-state index contributed by atoms with van der Waals surface area (Å²) in [5, 5.41) is 3.47.